The van der Waals surface area contributed by atoms with Crippen molar-refractivity contribution in [1.29, 1.82) is 0 Å². The molecule has 6 nitrogen and oxygen atoms in total. The van der Waals surface area contributed by atoms with E-state index in [0.717, 1.165) is 59.8 Å². The van der Waals surface area contributed by atoms with Crippen molar-refractivity contribution < 1.29 is 4.79 Å². The van der Waals surface area contributed by atoms with Crippen LogP contribution < -0.4 is 10.2 Å². The summed E-state index contributed by atoms with van der Waals surface area (Å²) in [6.07, 6.45) is 4.31. The fourth-order valence-corrected chi connectivity index (χ4v) is 5.76. The van der Waals surface area contributed by atoms with Crippen molar-refractivity contribution in [3.63, 3.8) is 0 Å². The van der Waals surface area contributed by atoms with Crippen LogP contribution in [0, 0.1) is 0 Å². The highest BCUT2D eigenvalue weighted by Crippen LogP contribution is 2.39. The number of carbonyl (C=O) groups excluding carboxylic acids is 1. The molecule has 40 heavy (non-hydrogen) atoms. The van der Waals surface area contributed by atoms with E-state index in [1.54, 1.807) is 6.20 Å². The van der Waals surface area contributed by atoms with Gasteiger partial charge in [-0.25, -0.2) is 9.97 Å². The third-order valence-corrected chi connectivity index (χ3v) is 8.14. The van der Waals surface area contributed by atoms with Crippen molar-refractivity contribution in [3.05, 3.63) is 101 Å². The molecule has 2 heterocycles. The minimum Gasteiger partial charge on any atom is -0.369 e. The van der Waals surface area contributed by atoms with Gasteiger partial charge in [-0.2, -0.15) is 0 Å². The number of hydrogen-bond acceptors (Lipinski definition) is 6. The topological polar surface area (TPSA) is 61.4 Å². The van der Waals surface area contributed by atoms with E-state index in [4.69, 9.17) is 16.6 Å². The Morgan fingerprint density at radius 2 is 1.70 bits per heavy atom. The van der Waals surface area contributed by atoms with Gasteiger partial charge in [0.2, 0.25) is 5.95 Å². The summed E-state index contributed by atoms with van der Waals surface area (Å²) in [5.74, 6) is 0.160. The lowest BCUT2D eigenvalue weighted by Gasteiger charge is -2.34. The Kier molecular flexibility index (Phi) is 7.37. The first-order valence-electron chi connectivity index (χ1n) is 13.8. The monoisotopic (exact) mass is 549 g/mol. The number of likely N-dealkylation sites (N-methyl/N-ethyl adjacent to an activating group) is 1. The molecule has 202 valence electrons. The number of halogens is 1. The summed E-state index contributed by atoms with van der Waals surface area (Å²) in [6.45, 7) is 6.22. The van der Waals surface area contributed by atoms with Gasteiger partial charge in [0, 0.05) is 65.5 Å². The lowest BCUT2D eigenvalue weighted by molar-refractivity contribution is -0.115. The van der Waals surface area contributed by atoms with Crippen LogP contribution in [0.15, 0.2) is 79.0 Å². The second-order valence-corrected chi connectivity index (χ2v) is 10.8. The van der Waals surface area contributed by atoms with Crippen molar-refractivity contribution in [1.82, 2.24) is 14.9 Å². The van der Waals surface area contributed by atoms with Crippen LogP contribution in [0.4, 0.5) is 17.3 Å². The first-order valence-corrected chi connectivity index (χ1v) is 14.2. The number of allylic oxidation sites excluding steroid dienone is 1. The zero-order chi connectivity index (χ0) is 27.6. The number of nitrogens with zero attached hydrogens (tertiary/aromatic N) is 4. The van der Waals surface area contributed by atoms with Crippen LogP contribution in [0.25, 0.3) is 22.8 Å². The van der Waals surface area contributed by atoms with E-state index in [-0.39, 0.29) is 11.7 Å². The normalized spacial score (nSPS) is 17.4. The lowest BCUT2D eigenvalue weighted by Crippen LogP contribution is -2.44. The van der Waals surface area contributed by atoms with Gasteiger partial charge in [0.25, 0.3) is 0 Å². The van der Waals surface area contributed by atoms with Crippen LogP contribution in [0.2, 0.25) is 5.02 Å². The van der Waals surface area contributed by atoms with Gasteiger partial charge < -0.3 is 15.1 Å². The summed E-state index contributed by atoms with van der Waals surface area (Å²) in [5.41, 5.74) is 7.16. The molecule has 1 unspecified atom stereocenters. The van der Waals surface area contributed by atoms with Crippen LogP contribution >= 0.6 is 11.6 Å². The molecule has 0 radical (unpaired) electrons. The highest BCUT2D eigenvalue weighted by Gasteiger charge is 2.32. The lowest BCUT2D eigenvalue weighted by atomic mass is 9.81. The molecule has 3 aromatic carbocycles. The molecule has 7 heteroatoms. The van der Waals surface area contributed by atoms with E-state index < -0.39 is 0 Å². The van der Waals surface area contributed by atoms with Gasteiger partial charge in [0.1, 0.15) is 0 Å². The van der Waals surface area contributed by atoms with E-state index in [0.29, 0.717) is 23.0 Å². The van der Waals surface area contributed by atoms with Gasteiger partial charge in [-0.05, 0) is 61.0 Å². The molecule has 0 amide bonds. The van der Waals surface area contributed by atoms with Crippen molar-refractivity contribution in [2.75, 3.05) is 43.4 Å². The number of piperazine rings is 1. The Balaban J connectivity index is 1.24. The molecule has 1 fully saturated rings. The quantitative estimate of drug-likeness (QED) is 0.282. The summed E-state index contributed by atoms with van der Waals surface area (Å²) >= 11 is 6.74. The minimum absolute atomic E-state index is 0.0329. The fraction of sp³-hybridized carbons (Fsp3) is 0.242. The summed E-state index contributed by atoms with van der Waals surface area (Å²) < 4.78 is 0. The molecule has 4 aromatic rings. The molecule has 1 saturated heterocycles. The highest BCUT2D eigenvalue weighted by molar-refractivity contribution is 6.37. The third-order valence-electron chi connectivity index (χ3n) is 7.83. The molecule has 6 rings (SSSR count). The largest absolute Gasteiger partial charge is 0.369 e. The summed E-state index contributed by atoms with van der Waals surface area (Å²) in [5, 5.41) is 3.88. The van der Waals surface area contributed by atoms with Gasteiger partial charge in [0.15, 0.2) is 5.78 Å². The molecule has 1 atom stereocenters. The molecule has 1 aliphatic carbocycles. The van der Waals surface area contributed by atoms with Crippen molar-refractivity contribution in [3.8, 4) is 11.1 Å². The SMILES string of the molecule is CCC1C(=O)C(c2ccc(-c3ccccc3)cc2Cl)=Cc2cnc(Nc3ccc(N4CCN(C)CC4)cc3)nc21. The Bertz CT molecular complexity index is 1560. The zero-order valence-corrected chi connectivity index (χ0v) is 23.5. The standard InChI is InChI=1S/C33H32ClN5O/c1-3-27-31-24(19-29(32(27)40)28-14-9-23(20-30(28)34)22-7-5-4-6-8-22)21-35-33(37-31)36-25-10-12-26(13-11-25)39-17-15-38(2)16-18-39/h4-14,19-21,27H,3,15-18H2,1-2H3,(H,35,36,37). The maximum absolute atomic E-state index is 13.7. The number of hydrogen-bond donors (Lipinski definition) is 1. The molecule has 2 aliphatic rings. The molecule has 1 aromatic heterocycles. The van der Waals surface area contributed by atoms with E-state index in [9.17, 15) is 4.79 Å². The molecular weight excluding hydrogens is 518 g/mol. The van der Waals surface area contributed by atoms with Crippen molar-refractivity contribution in [2.24, 2.45) is 0 Å². The van der Waals surface area contributed by atoms with E-state index >= 15 is 0 Å². The average molecular weight is 550 g/mol. The number of aromatic nitrogens is 2. The van der Waals surface area contributed by atoms with E-state index in [1.807, 2.05) is 61.5 Å². The van der Waals surface area contributed by atoms with E-state index in [2.05, 4.69) is 51.4 Å². The maximum atomic E-state index is 13.7. The molecule has 0 spiro atoms. The minimum atomic E-state index is -0.358. The number of anilines is 3. The number of carbonyl (C=O) groups is 1. The van der Waals surface area contributed by atoms with Gasteiger partial charge in [-0.15, -0.1) is 0 Å². The number of benzene rings is 3. The number of nitrogens with one attached hydrogen (secondary N) is 1. The number of fused-ring (bicyclic) bond motifs is 1. The van der Waals surface area contributed by atoms with Gasteiger partial charge in [-0.3, -0.25) is 4.79 Å². The average Bonchev–Trinajstić information content (AvgIpc) is 2.98. The van der Waals surface area contributed by atoms with Crippen molar-refractivity contribution >= 4 is 46.4 Å². The Morgan fingerprint density at radius 1 is 0.950 bits per heavy atom. The number of ketones is 1. The van der Waals surface area contributed by atoms with Crippen LogP contribution in [0.1, 0.15) is 36.1 Å². The summed E-state index contributed by atoms with van der Waals surface area (Å²) in [7, 11) is 2.16. The molecule has 0 saturated carbocycles. The highest BCUT2D eigenvalue weighted by atomic mass is 35.5. The van der Waals surface area contributed by atoms with Gasteiger partial charge in [0.05, 0.1) is 11.6 Å². The Labute approximate surface area is 240 Å². The molecule has 1 N–H and O–H groups in total. The number of Topliss-reactive ketones (excluding diaryl/α,β-unsaturated/α-hetero) is 1. The van der Waals surface area contributed by atoms with Crippen molar-refractivity contribution in [2.45, 2.75) is 19.3 Å². The predicted molar refractivity (Wildman–Crippen MR) is 164 cm³/mol. The second-order valence-electron chi connectivity index (χ2n) is 10.4. The first kappa shape index (κ1) is 26.2. The van der Waals surface area contributed by atoms with Crippen LogP contribution in [0.5, 0.6) is 0 Å². The molecule has 0 bridgehead atoms. The Morgan fingerprint density at radius 3 is 2.40 bits per heavy atom. The Hall–Kier alpha value is -4.00. The maximum Gasteiger partial charge on any atom is 0.227 e. The van der Waals surface area contributed by atoms with E-state index in [1.165, 1.54) is 5.69 Å². The summed E-state index contributed by atoms with van der Waals surface area (Å²) in [4.78, 5) is 27.8. The molecular formula is C33H32ClN5O. The molecule has 1 aliphatic heterocycles. The summed E-state index contributed by atoms with van der Waals surface area (Å²) in [6, 6.07) is 24.3. The van der Waals surface area contributed by atoms with Crippen LogP contribution in [-0.4, -0.2) is 53.9 Å². The first-order chi connectivity index (χ1) is 19.5. The van der Waals surface area contributed by atoms with Crippen LogP contribution in [-0.2, 0) is 4.79 Å². The predicted octanol–water partition coefficient (Wildman–Crippen LogP) is 6.91. The number of rotatable bonds is 6. The van der Waals surface area contributed by atoms with Gasteiger partial charge >= 0.3 is 0 Å². The second kappa shape index (κ2) is 11.2. The zero-order valence-electron chi connectivity index (χ0n) is 22.8. The van der Waals surface area contributed by atoms with Gasteiger partial charge in [-0.1, -0.05) is 61.0 Å². The smallest absolute Gasteiger partial charge is 0.227 e. The third kappa shape index (κ3) is 5.25. The van der Waals surface area contributed by atoms with Crippen LogP contribution in [0.3, 0.4) is 0 Å². The fourth-order valence-electron chi connectivity index (χ4n) is 5.48.